The van der Waals surface area contributed by atoms with Crippen LogP contribution in [0.3, 0.4) is 0 Å². The van der Waals surface area contributed by atoms with E-state index < -0.39 is 0 Å². The molecular formula is C15H28N4. The summed E-state index contributed by atoms with van der Waals surface area (Å²) in [6, 6.07) is 0.458. The van der Waals surface area contributed by atoms with Crippen LogP contribution < -0.4 is 11.3 Å². The second kappa shape index (κ2) is 6.53. The summed E-state index contributed by atoms with van der Waals surface area (Å²) in [5.41, 5.74) is 6.92. The van der Waals surface area contributed by atoms with Gasteiger partial charge in [-0.15, -0.1) is 0 Å². The molecule has 0 amide bonds. The molecule has 19 heavy (non-hydrogen) atoms. The van der Waals surface area contributed by atoms with E-state index in [1.807, 2.05) is 11.7 Å². The Balaban J connectivity index is 1.95. The molecule has 4 heteroatoms. The SMILES string of the molecule is Cc1nn(C)c(C)c1CCC(NN)C1CCCCC1. The number of nitrogens with two attached hydrogens (primary N) is 1. The lowest BCUT2D eigenvalue weighted by molar-refractivity contribution is 0.259. The zero-order chi connectivity index (χ0) is 13.8. The summed E-state index contributed by atoms with van der Waals surface area (Å²) in [5, 5.41) is 4.49. The Morgan fingerprint density at radius 1 is 1.32 bits per heavy atom. The number of aromatic nitrogens is 2. The Morgan fingerprint density at radius 3 is 2.53 bits per heavy atom. The molecule has 1 atom stereocenters. The van der Waals surface area contributed by atoms with Gasteiger partial charge in [0.15, 0.2) is 0 Å². The highest BCUT2D eigenvalue weighted by atomic mass is 15.3. The fourth-order valence-electron chi connectivity index (χ4n) is 3.47. The molecule has 4 nitrogen and oxygen atoms in total. The Morgan fingerprint density at radius 2 is 2.00 bits per heavy atom. The molecule has 108 valence electrons. The van der Waals surface area contributed by atoms with Crippen molar-refractivity contribution in [2.75, 3.05) is 0 Å². The van der Waals surface area contributed by atoms with Crippen LogP contribution in [0.4, 0.5) is 0 Å². The van der Waals surface area contributed by atoms with Crippen molar-refractivity contribution >= 4 is 0 Å². The quantitative estimate of drug-likeness (QED) is 0.634. The first-order valence-corrected chi connectivity index (χ1v) is 7.58. The van der Waals surface area contributed by atoms with Crippen LogP contribution in [0.15, 0.2) is 0 Å². The third-order valence-corrected chi connectivity index (χ3v) is 4.80. The highest BCUT2D eigenvalue weighted by molar-refractivity contribution is 5.24. The molecule has 1 aliphatic carbocycles. The molecule has 1 fully saturated rings. The third-order valence-electron chi connectivity index (χ3n) is 4.80. The first kappa shape index (κ1) is 14.5. The summed E-state index contributed by atoms with van der Waals surface area (Å²) < 4.78 is 1.98. The van der Waals surface area contributed by atoms with Crippen molar-refractivity contribution in [3.05, 3.63) is 17.0 Å². The molecule has 2 rings (SSSR count). The fraction of sp³-hybridized carbons (Fsp3) is 0.800. The van der Waals surface area contributed by atoms with Crippen molar-refractivity contribution in [1.29, 1.82) is 0 Å². The number of rotatable bonds is 5. The van der Waals surface area contributed by atoms with Crippen molar-refractivity contribution in [3.8, 4) is 0 Å². The van der Waals surface area contributed by atoms with Gasteiger partial charge in [-0.25, -0.2) is 0 Å². The summed E-state index contributed by atoms with van der Waals surface area (Å²) >= 11 is 0. The van der Waals surface area contributed by atoms with Gasteiger partial charge in [-0.05, 0) is 51.0 Å². The van der Waals surface area contributed by atoms with Crippen LogP contribution in [0.1, 0.15) is 55.5 Å². The zero-order valence-electron chi connectivity index (χ0n) is 12.6. The normalized spacial score (nSPS) is 18.7. The minimum Gasteiger partial charge on any atom is -0.272 e. The maximum atomic E-state index is 5.78. The summed E-state index contributed by atoms with van der Waals surface area (Å²) in [5.74, 6) is 6.54. The van der Waals surface area contributed by atoms with Crippen LogP contribution in [-0.4, -0.2) is 15.8 Å². The van der Waals surface area contributed by atoms with Crippen molar-refractivity contribution in [2.24, 2.45) is 18.8 Å². The van der Waals surface area contributed by atoms with E-state index in [0.29, 0.717) is 6.04 Å². The van der Waals surface area contributed by atoms with Gasteiger partial charge >= 0.3 is 0 Å². The molecule has 0 bridgehead atoms. The topological polar surface area (TPSA) is 55.9 Å². The van der Waals surface area contributed by atoms with Gasteiger partial charge in [0.05, 0.1) is 5.69 Å². The number of hydrogen-bond donors (Lipinski definition) is 2. The first-order valence-electron chi connectivity index (χ1n) is 7.58. The van der Waals surface area contributed by atoms with Gasteiger partial charge in [0.2, 0.25) is 0 Å². The van der Waals surface area contributed by atoms with Crippen LogP contribution >= 0.6 is 0 Å². The van der Waals surface area contributed by atoms with E-state index in [2.05, 4.69) is 24.4 Å². The van der Waals surface area contributed by atoms with E-state index >= 15 is 0 Å². The van der Waals surface area contributed by atoms with Gasteiger partial charge in [0.1, 0.15) is 0 Å². The molecular weight excluding hydrogens is 236 g/mol. The lowest BCUT2D eigenvalue weighted by atomic mass is 9.82. The minimum atomic E-state index is 0.458. The maximum absolute atomic E-state index is 5.78. The van der Waals surface area contributed by atoms with Crippen LogP contribution in [-0.2, 0) is 13.5 Å². The van der Waals surface area contributed by atoms with Gasteiger partial charge in [0, 0.05) is 18.8 Å². The number of nitrogens with zero attached hydrogens (tertiary/aromatic N) is 2. The second-order valence-electron chi connectivity index (χ2n) is 5.98. The van der Waals surface area contributed by atoms with E-state index in [9.17, 15) is 0 Å². The molecule has 1 heterocycles. The standard InChI is InChI=1S/C15H28N4/c1-11-14(12(2)19(3)18-11)9-10-15(17-16)13-7-5-4-6-8-13/h13,15,17H,4-10,16H2,1-3H3. The van der Waals surface area contributed by atoms with E-state index in [4.69, 9.17) is 5.84 Å². The van der Waals surface area contributed by atoms with E-state index in [-0.39, 0.29) is 0 Å². The van der Waals surface area contributed by atoms with Gasteiger partial charge in [-0.1, -0.05) is 19.3 Å². The third kappa shape index (κ3) is 3.37. The predicted molar refractivity (Wildman–Crippen MR) is 78.7 cm³/mol. The largest absolute Gasteiger partial charge is 0.272 e. The monoisotopic (exact) mass is 264 g/mol. The van der Waals surface area contributed by atoms with Gasteiger partial charge in [-0.2, -0.15) is 5.10 Å². The average molecular weight is 264 g/mol. The predicted octanol–water partition coefficient (Wildman–Crippen LogP) is 2.38. The molecule has 3 N–H and O–H groups in total. The molecule has 1 aromatic heterocycles. The lowest BCUT2D eigenvalue weighted by Gasteiger charge is -2.29. The highest BCUT2D eigenvalue weighted by Crippen LogP contribution is 2.28. The van der Waals surface area contributed by atoms with Gasteiger partial charge in [0.25, 0.3) is 0 Å². The van der Waals surface area contributed by atoms with E-state index in [0.717, 1.165) is 18.8 Å². The number of hydrogen-bond acceptors (Lipinski definition) is 3. The summed E-state index contributed by atoms with van der Waals surface area (Å²) in [6.07, 6.45) is 9.00. The molecule has 0 spiro atoms. The van der Waals surface area contributed by atoms with Crippen LogP contribution in [0.25, 0.3) is 0 Å². The minimum absolute atomic E-state index is 0.458. The van der Waals surface area contributed by atoms with E-state index in [1.54, 1.807) is 0 Å². The number of nitrogens with one attached hydrogen (secondary N) is 1. The average Bonchev–Trinajstić information content (AvgIpc) is 2.66. The summed E-state index contributed by atoms with van der Waals surface area (Å²) in [6.45, 7) is 4.26. The van der Waals surface area contributed by atoms with Crippen molar-refractivity contribution in [3.63, 3.8) is 0 Å². The molecule has 0 aliphatic heterocycles. The molecule has 0 radical (unpaired) electrons. The van der Waals surface area contributed by atoms with E-state index in [1.165, 1.54) is 49.1 Å². The lowest BCUT2D eigenvalue weighted by Crippen LogP contribution is -2.42. The Labute approximate surface area is 116 Å². The molecule has 0 saturated heterocycles. The van der Waals surface area contributed by atoms with Crippen LogP contribution in [0.5, 0.6) is 0 Å². The van der Waals surface area contributed by atoms with Crippen molar-refractivity contribution in [2.45, 2.75) is 64.8 Å². The first-order chi connectivity index (χ1) is 9.13. The zero-order valence-corrected chi connectivity index (χ0v) is 12.6. The van der Waals surface area contributed by atoms with Crippen molar-refractivity contribution in [1.82, 2.24) is 15.2 Å². The Hall–Kier alpha value is -0.870. The second-order valence-corrected chi connectivity index (χ2v) is 5.98. The molecule has 1 saturated carbocycles. The van der Waals surface area contributed by atoms with Gasteiger partial charge in [-0.3, -0.25) is 16.0 Å². The Kier molecular flexibility index (Phi) is 4.99. The number of hydrazine groups is 1. The molecule has 1 unspecified atom stereocenters. The molecule has 1 aromatic rings. The summed E-state index contributed by atoms with van der Waals surface area (Å²) in [7, 11) is 2.02. The van der Waals surface area contributed by atoms with Crippen molar-refractivity contribution < 1.29 is 0 Å². The smallest absolute Gasteiger partial charge is 0.0628 e. The number of aryl methyl sites for hydroxylation is 2. The highest BCUT2D eigenvalue weighted by Gasteiger charge is 2.23. The Bertz CT molecular complexity index is 405. The molecule has 1 aliphatic rings. The van der Waals surface area contributed by atoms with Crippen LogP contribution in [0.2, 0.25) is 0 Å². The van der Waals surface area contributed by atoms with Gasteiger partial charge < -0.3 is 0 Å². The van der Waals surface area contributed by atoms with Crippen LogP contribution in [0, 0.1) is 19.8 Å². The maximum Gasteiger partial charge on any atom is 0.0628 e. The summed E-state index contributed by atoms with van der Waals surface area (Å²) in [4.78, 5) is 0. The fourth-order valence-corrected chi connectivity index (χ4v) is 3.47. The molecule has 0 aromatic carbocycles.